The Balaban J connectivity index is 1.57. The van der Waals surface area contributed by atoms with Crippen LogP contribution in [0.4, 0.5) is 5.69 Å². The number of hydrogen-bond acceptors (Lipinski definition) is 2. The van der Waals surface area contributed by atoms with Crippen molar-refractivity contribution in [3.8, 4) is 0 Å². The number of hydrogen-bond donors (Lipinski definition) is 1. The molecule has 0 bridgehead atoms. The van der Waals surface area contributed by atoms with Crippen molar-refractivity contribution in [3.05, 3.63) is 30.3 Å². The fourth-order valence-corrected chi connectivity index (χ4v) is 3.46. The molecule has 1 aliphatic heterocycles. The Morgan fingerprint density at radius 2 is 1.82 bits per heavy atom. The van der Waals surface area contributed by atoms with Crippen molar-refractivity contribution in [1.29, 1.82) is 0 Å². The zero-order chi connectivity index (χ0) is 15.5. The molecule has 3 rings (SSSR count). The first-order valence-corrected chi connectivity index (χ1v) is 8.29. The van der Waals surface area contributed by atoms with E-state index in [1.807, 2.05) is 30.3 Å². The Morgan fingerprint density at radius 3 is 2.50 bits per heavy atom. The van der Waals surface area contributed by atoms with Gasteiger partial charge in [-0.1, -0.05) is 25.1 Å². The first kappa shape index (κ1) is 15.1. The maximum absolute atomic E-state index is 12.4. The van der Waals surface area contributed by atoms with E-state index in [4.69, 9.17) is 0 Å². The second kappa shape index (κ2) is 6.51. The monoisotopic (exact) mass is 300 g/mol. The van der Waals surface area contributed by atoms with Gasteiger partial charge in [0.25, 0.3) is 0 Å². The van der Waals surface area contributed by atoms with Crippen molar-refractivity contribution in [2.45, 2.75) is 45.1 Å². The van der Waals surface area contributed by atoms with E-state index in [0.29, 0.717) is 19.0 Å². The van der Waals surface area contributed by atoms with E-state index in [-0.39, 0.29) is 17.7 Å². The summed E-state index contributed by atoms with van der Waals surface area (Å²) in [4.78, 5) is 26.3. The molecule has 118 valence electrons. The van der Waals surface area contributed by atoms with Gasteiger partial charge < -0.3 is 10.2 Å². The largest absolute Gasteiger partial charge is 0.353 e. The second-order valence-corrected chi connectivity index (χ2v) is 6.71. The Kier molecular flexibility index (Phi) is 4.46. The number of amides is 2. The fourth-order valence-electron chi connectivity index (χ4n) is 3.46. The Bertz CT molecular complexity index is 535. The van der Waals surface area contributed by atoms with Crippen LogP contribution in [0.3, 0.4) is 0 Å². The summed E-state index contributed by atoms with van der Waals surface area (Å²) in [5.41, 5.74) is 0.884. The lowest BCUT2D eigenvalue weighted by Crippen LogP contribution is -2.41. The van der Waals surface area contributed by atoms with Crippen LogP contribution in [0.1, 0.15) is 39.0 Å². The van der Waals surface area contributed by atoms with Crippen LogP contribution in [0.2, 0.25) is 0 Å². The van der Waals surface area contributed by atoms with Gasteiger partial charge in [-0.15, -0.1) is 0 Å². The van der Waals surface area contributed by atoms with Crippen molar-refractivity contribution in [3.63, 3.8) is 0 Å². The van der Waals surface area contributed by atoms with Gasteiger partial charge in [0.1, 0.15) is 0 Å². The summed E-state index contributed by atoms with van der Waals surface area (Å²) in [6.07, 6.45) is 4.82. The average molecular weight is 300 g/mol. The molecule has 22 heavy (non-hydrogen) atoms. The van der Waals surface area contributed by atoms with Gasteiger partial charge in [0.2, 0.25) is 11.8 Å². The number of anilines is 1. The molecule has 1 saturated heterocycles. The van der Waals surface area contributed by atoms with E-state index in [0.717, 1.165) is 24.4 Å². The summed E-state index contributed by atoms with van der Waals surface area (Å²) in [5.74, 6) is 0.650. The molecule has 1 saturated carbocycles. The molecule has 1 aromatic carbocycles. The molecular weight excluding hydrogens is 276 g/mol. The van der Waals surface area contributed by atoms with E-state index in [9.17, 15) is 9.59 Å². The van der Waals surface area contributed by atoms with E-state index < -0.39 is 0 Å². The molecule has 1 atom stereocenters. The number of nitrogens with one attached hydrogen (secondary N) is 1. The first-order chi connectivity index (χ1) is 10.6. The predicted molar refractivity (Wildman–Crippen MR) is 86.5 cm³/mol. The van der Waals surface area contributed by atoms with Gasteiger partial charge in [0.05, 0.1) is 5.92 Å². The Morgan fingerprint density at radius 1 is 1.14 bits per heavy atom. The third-order valence-corrected chi connectivity index (χ3v) is 4.93. The highest BCUT2D eigenvalue weighted by Crippen LogP contribution is 2.27. The molecule has 2 amide bonds. The van der Waals surface area contributed by atoms with Gasteiger partial charge in [-0.05, 0) is 43.7 Å². The number of carbonyl (C=O) groups is 2. The molecule has 0 radical (unpaired) electrons. The van der Waals surface area contributed by atoms with Gasteiger partial charge in [-0.25, -0.2) is 0 Å². The topological polar surface area (TPSA) is 49.4 Å². The van der Waals surface area contributed by atoms with Crippen LogP contribution >= 0.6 is 0 Å². The highest BCUT2D eigenvalue weighted by atomic mass is 16.2. The highest BCUT2D eigenvalue weighted by molar-refractivity contribution is 6.00. The summed E-state index contributed by atoms with van der Waals surface area (Å²) < 4.78 is 0. The summed E-state index contributed by atoms with van der Waals surface area (Å²) in [5, 5.41) is 3.16. The molecule has 2 aliphatic rings. The normalized spacial score (nSPS) is 28.7. The predicted octanol–water partition coefficient (Wildman–Crippen LogP) is 2.73. The van der Waals surface area contributed by atoms with Crippen LogP contribution in [-0.2, 0) is 9.59 Å². The minimum Gasteiger partial charge on any atom is -0.353 e. The molecule has 2 fully saturated rings. The number of benzene rings is 1. The van der Waals surface area contributed by atoms with Crippen molar-refractivity contribution < 1.29 is 9.59 Å². The zero-order valence-corrected chi connectivity index (χ0v) is 13.1. The maximum atomic E-state index is 12.4. The Labute approximate surface area is 131 Å². The van der Waals surface area contributed by atoms with Crippen LogP contribution in [0.5, 0.6) is 0 Å². The van der Waals surface area contributed by atoms with Crippen molar-refractivity contribution in [2.75, 3.05) is 11.4 Å². The lowest BCUT2D eigenvalue weighted by molar-refractivity contribution is -0.127. The van der Waals surface area contributed by atoms with E-state index >= 15 is 0 Å². The van der Waals surface area contributed by atoms with Gasteiger partial charge in [-0.3, -0.25) is 9.59 Å². The average Bonchev–Trinajstić information content (AvgIpc) is 2.92. The molecule has 4 nitrogen and oxygen atoms in total. The van der Waals surface area contributed by atoms with Crippen molar-refractivity contribution in [1.82, 2.24) is 5.32 Å². The van der Waals surface area contributed by atoms with Crippen LogP contribution in [0, 0.1) is 11.8 Å². The maximum Gasteiger partial charge on any atom is 0.227 e. The summed E-state index contributed by atoms with van der Waals surface area (Å²) in [6.45, 7) is 2.77. The lowest BCUT2D eigenvalue weighted by atomic mass is 9.87. The first-order valence-electron chi connectivity index (χ1n) is 8.29. The quantitative estimate of drug-likeness (QED) is 0.933. The van der Waals surface area contributed by atoms with Gasteiger partial charge >= 0.3 is 0 Å². The summed E-state index contributed by atoms with van der Waals surface area (Å²) >= 11 is 0. The summed E-state index contributed by atoms with van der Waals surface area (Å²) in [6, 6.07) is 9.89. The molecule has 1 aromatic rings. The van der Waals surface area contributed by atoms with Crippen LogP contribution < -0.4 is 10.2 Å². The minimum atomic E-state index is -0.216. The minimum absolute atomic E-state index is 0.0450. The molecule has 4 heteroatoms. The number of carbonyl (C=O) groups excluding carboxylic acids is 2. The zero-order valence-electron chi connectivity index (χ0n) is 13.1. The summed E-state index contributed by atoms with van der Waals surface area (Å²) in [7, 11) is 0. The highest BCUT2D eigenvalue weighted by Gasteiger charge is 2.35. The van der Waals surface area contributed by atoms with Crippen LogP contribution in [-0.4, -0.2) is 24.4 Å². The smallest absolute Gasteiger partial charge is 0.227 e. The molecule has 0 aromatic heterocycles. The standard InChI is InChI=1S/C18H24N2O2/c1-13-7-9-15(10-8-13)19-18(22)14-11-17(21)20(12-14)16-5-3-2-4-6-16/h2-6,13-15H,7-12H2,1H3,(H,19,22)/t13?,14-,15?/m0/s1. The van der Waals surface area contributed by atoms with Gasteiger partial charge in [-0.2, -0.15) is 0 Å². The number of para-hydroxylation sites is 1. The van der Waals surface area contributed by atoms with Crippen molar-refractivity contribution in [2.24, 2.45) is 11.8 Å². The molecule has 1 aliphatic carbocycles. The van der Waals surface area contributed by atoms with E-state index in [1.54, 1.807) is 4.90 Å². The number of rotatable bonds is 3. The molecule has 1 heterocycles. The molecule has 0 spiro atoms. The second-order valence-electron chi connectivity index (χ2n) is 6.71. The van der Waals surface area contributed by atoms with Gasteiger partial charge in [0.15, 0.2) is 0 Å². The molecule has 1 N–H and O–H groups in total. The third kappa shape index (κ3) is 3.32. The van der Waals surface area contributed by atoms with Crippen molar-refractivity contribution >= 4 is 17.5 Å². The fraction of sp³-hybridized carbons (Fsp3) is 0.556. The van der Waals surface area contributed by atoms with Gasteiger partial charge in [0, 0.05) is 24.7 Å². The van der Waals surface area contributed by atoms with Crippen LogP contribution in [0.25, 0.3) is 0 Å². The van der Waals surface area contributed by atoms with E-state index in [2.05, 4.69) is 12.2 Å². The SMILES string of the molecule is CC1CCC(NC(=O)[C@H]2CC(=O)N(c3ccccc3)C2)CC1. The molecular formula is C18H24N2O2. The third-order valence-electron chi connectivity index (χ3n) is 4.93. The van der Waals surface area contributed by atoms with E-state index in [1.165, 1.54) is 12.8 Å². The Hall–Kier alpha value is -1.84. The lowest BCUT2D eigenvalue weighted by Gasteiger charge is -2.27. The number of nitrogens with zero attached hydrogens (tertiary/aromatic N) is 1. The molecule has 0 unspecified atom stereocenters. The van der Waals surface area contributed by atoms with Crippen LogP contribution in [0.15, 0.2) is 30.3 Å².